The largest absolute Gasteiger partial charge is 0.460 e. The number of aromatic nitrogens is 1. The number of thioether (sulfide) groups is 1. The summed E-state index contributed by atoms with van der Waals surface area (Å²) in [5.74, 6) is 0.660. The topological polar surface area (TPSA) is 102 Å². The number of amidine groups is 1. The van der Waals surface area contributed by atoms with Crippen molar-refractivity contribution in [3.8, 4) is 11.5 Å². The lowest BCUT2D eigenvalue weighted by molar-refractivity contribution is -0.141. The van der Waals surface area contributed by atoms with Crippen molar-refractivity contribution < 1.29 is 23.8 Å². The number of rotatable bonds is 11. The van der Waals surface area contributed by atoms with Gasteiger partial charge in [0.15, 0.2) is 5.17 Å². The highest BCUT2D eigenvalue weighted by Gasteiger charge is 2.41. The van der Waals surface area contributed by atoms with Crippen LogP contribution in [-0.4, -0.2) is 47.3 Å². The van der Waals surface area contributed by atoms with Gasteiger partial charge >= 0.3 is 5.97 Å². The number of nitrogens with one attached hydrogen (secondary N) is 1. The highest BCUT2D eigenvalue weighted by molar-refractivity contribution is 8.16. The van der Waals surface area contributed by atoms with Crippen LogP contribution in [0.15, 0.2) is 106 Å². The number of para-hydroxylation sites is 1. The van der Waals surface area contributed by atoms with E-state index in [1.807, 2.05) is 83.1 Å². The number of nitrogens with zero attached hydrogens (tertiary/aromatic N) is 3. The number of benzene rings is 2. The molecule has 1 atom stereocenters. The lowest BCUT2D eigenvalue weighted by Crippen LogP contribution is -2.38. The first kappa shape index (κ1) is 28.1. The summed E-state index contributed by atoms with van der Waals surface area (Å²) in [6.45, 7) is 2.50. The summed E-state index contributed by atoms with van der Waals surface area (Å²) < 4.78 is 16.7. The van der Waals surface area contributed by atoms with Crippen LogP contribution in [0.2, 0.25) is 0 Å². The van der Waals surface area contributed by atoms with Crippen molar-refractivity contribution >= 4 is 28.8 Å². The van der Waals surface area contributed by atoms with Crippen molar-refractivity contribution in [3.05, 3.63) is 113 Å². The minimum absolute atomic E-state index is 0.0978. The minimum atomic E-state index is -0.582. The van der Waals surface area contributed by atoms with Crippen LogP contribution in [0.25, 0.3) is 0 Å². The Morgan fingerprint density at radius 1 is 1.00 bits per heavy atom. The van der Waals surface area contributed by atoms with Gasteiger partial charge in [0.2, 0.25) is 5.91 Å². The van der Waals surface area contributed by atoms with E-state index in [-0.39, 0.29) is 25.5 Å². The van der Waals surface area contributed by atoms with Crippen molar-refractivity contribution in [2.24, 2.45) is 4.99 Å². The Kier molecular flexibility index (Phi) is 9.12. The zero-order valence-corrected chi connectivity index (χ0v) is 23.6. The summed E-state index contributed by atoms with van der Waals surface area (Å²) in [6, 6.07) is 22.0. The van der Waals surface area contributed by atoms with Gasteiger partial charge in [-0.1, -0.05) is 48.2 Å². The first-order valence-electron chi connectivity index (χ1n) is 13.1. The number of hydrogen-bond donors (Lipinski definition) is 1. The Labute approximate surface area is 242 Å². The van der Waals surface area contributed by atoms with Crippen molar-refractivity contribution in [3.63, 3.8) is 0 Å². The average Bonchev–Trinajstić information content (AvgIpc) is 3.38. The lowest BCUT2D eigenvalue weighted by atomic mass is 9.93. The number of fused-ring (bicyclic) bond motifs is 1. The molecule has 210 valence electrons. The van der Waals surface area contributed by atoms with Crippen LogP contribution in [0, 0.1) is 0 Å². The quantitative estimate of drug-likeness (QED) is 0.243. The van der Waals surface area contributed by atoms with Gasteiger partial charge in [-0.15, -0.1) is 0 Å². The number of ether oxygens (including phenoxy) is 3. The highest BCUT2D eigenvalue weighted by Crippen LogP contribution is 2.45. The van der Waals surface area contributed by atoms with Gasteiger partial charge in [0.25, 0.3) is 0 Å². The molecule has 41 heavy (non-hydrogen) atoms. The van der Waals surface area contributed by atoms with Gasteiger partial charge in [-0.05, 0) is 54.3 Å². The first-order valence-corrected chi connectivity index (χ1v) is 14.0. The van der Waals surface area contributed by atoms with Crippen LogP contribution >= 0.6 is 11.8 Å². The van der Waals surface area contributed by atoms with Gasteiger partial charge in [0.1, 0.15) is 18.1 Å². The monoisotopic (exact) mass is 570 g/mol. The summed E-state index contributed by atoms with van der Waals surface area (Å²) in [7, 11) is 1.55. The molecule has 0 aliphatic carbocycles. The van der Waals surface area contributed by atoms with Crippen LogP contribution in [0.1, 0.15) is 30.6 Å². The molecule has 9 nitrogen and oxygen atoms in total. The second-order valence-corrected chi connectivity index (χ2v) is 10.1. The first-order chi connectivity index (χ1) is 20.0. The second kappa shape index (κ2) is 13.3. The number of methoxy groups -OCH3 is 1. The van der Waals surface area contributed by atoms with Crippen LogP contribution in [0.3, 0.4) is 0 Å². The molecule has 1 unspecified atom stereocenters. The van der Waals surface area contributed by atoms with E-state index in [2.05, 4.69) is 10.3 Å². The predicted octanol–water partition coefficient (Wildman–Crippen LogP) is 5.34. The van der Waals surface area contributed by atoms with Gasteiger partial charge < -0.3 is 24.4 Å². The molecule has 5 rings (SSSR count). The SMILES string of the molecule is COCCOC(=O)C1=C(C)N=C2SC=C(CC(=O)NCc3ccccn3)N2C1c1cccc(Oc2ccccc2)c1. The summed E-state index contributed by atoms with van der Waals surface area (Å²) >= 11 is 1.42. The molecular formula is C31H30N4O5S. The van der Waals surface area contributed by atoms with Crippen molar-refractivity contribution in [2.45, 2.75) is 25.9 Å². The molecule has 0 saturated carbocycles. The molecule has 1 aromatic heterocycles. The molecule has 2 aromatic carbocycles. The number of esters is 1. The third kappa shape index (κ3) is 6.85. The van der Waals surface area contributed by atoms with Crippen molar-refractivity contribution in [2.75, 3.05) is 20.3 Å². The number of carbonyl (C=O) groups excluding carboxylic acids is 2. The number of aliphatic imine (C=N–C) groups is 1. The molecule has 0 spiro atoms. The third-order valence-electron chi connectivity index (χ3n) is 6.43. The standard InChI is InChI=1S/C31H30N4O5S/c1-21-28(30(37)39-16-15-38-2)29(22-9-8-13-26(17-22)40-25-11-4-3-5-12-25)35-24(20-41-31(35)34-21)18-27(36)33-19-23-10-6-7-14-32-23/h3-14,17,20,29H,15-16,18-19H2,1-2H3,(H,33,36). The van der Waals surface area contributed by atoms with Gasteiger partial charge in [-0.25, -0.2) is 9.79 Å². The highest BCUT2D eigenvalue weighted by atomic mass is 32.2. The van der Waals surface area contributed by atoms with Gasteiger partial charge in [-0.3, -0.25) is 9.78 Å². The number of hydrogen-bond acceptors (Lipinski definition) is 9. The minimum Gasteiger partial charge on any atom is -0.460 e. The molecule has 2 aliphatic heterocycles. The molecule has 3 aromatic rings. The number of amides is 1. The maximum atomic E-state index is 13.4. The number of allylic oxidation sites excluding steroid dienone is 1. The zero-order valence-electron chi connectivity index (χ0n) is 22.8. The van der Waals surface area contributed by atoms with Crippen LogP contribution in [-0.2, 0) is 25.6 Å². The van der Waals surface area contributed by atoms with Crippen LogP contribution < -0.4 is 10.1 Å². The van der Waals surface area contributed by atoms with E-state index in [0.29, 0.717) is 34.5 Å². The van der Waals surface area contributed by atoms with Gasteiger partial charge in [0.05, 0.1) is 42.6 Å². The fraction of sp³-hybridized carbons (Fsp3) is 0.226. The van der Waals surface area contributed by atoms with E-state index < -0.39 is 12.0 Å². The van der Waals surface area contributed by atoms with Gasteiger partial charge in [0, 0.05) is 19.0 Å². The van der Waals surface area contributed by atoms with Crippen LogP contribution in [0.5, 0.6) is 11.5 Å². The van der Waals surface area contributed by atoms with Crippen molar-refractivity contribution in [1.29, 1.82) is 0 Å². The van der Waals surface area contributed by atoms with Gasteiger partial charge in [-0.2, -0.15) is 0 Å². The molecular weight excluding hydrogens is 540 g/mol. The van der Waals surface area contributed by atoms with E-state index >= 15 is 0 Å². The average molecular weight is 571 g/mol. The lowest BCUT2D eigenvalue weighted by Gasteiger charge is -2.36. The summed E-state index contributed by atoms with van der Waals surface area (Å²) in [5.41, 5.74) is 3.24. The summed E-state index contributed by atoms with van der Waals surface area (Å²) in [5, 5.41) is 5.52. The molecule has 0 saturated heterocycles. The third-order valence-corrected chi connectivity index (χ3v) is 7.32. The Balaban J connectivity index is 1.44. The normalized spacial score (nSPS) is 16.0. The molecule has 1 amide bonds. The molecule has 0 bridgehead atoms. The fourth-order valence-corrected chi connectivity index (χ4v) is 5.50. The van der Waals surface area contributed by atoms with E-state index in [1.165, 1.54) is 11.8 Å². The van der Waals surface area contributed by atoms with E-state index in [1.54, 1.807) is 20.2 Å². The maximum Gasteiger partial charge on any atom is 0.338 e. The molecule has 10 heteroatoms. The molecule has 3 heterocycles. The number of carbonyl (C=O) groups is 2. The second-order valence-electron chi connectivity index (χ2n) is 9.28. The molecule has 1 N–H and O–H groups in total. The number of pyridine rings is 1. The molecule has 2 aliphatic rings. The van der Waals surface area contributed by atoms with E-state index in [9.17, 15) is 9.59 Å². The zero-order chi connectivity index (χ0) is 28.6. The Morgan fingerprint density at radius 2 is 1.80 bits per heavy atom. The smallest absolute Gasteiger partial charge is 0.338 e. The van der Waals surface area contributed by atoms with E-state index in [0.717, 1.165) is 17.0 Å². The van der Waals surface area contributed by atoms with Crippen molar-refractivity contribution in [1.82, 2.24) is 15.2 Å². The fourth-order valence-electron chi connectivity index (χ4n) is 4.53. The summed E-state index contributed by atoms with van der Waals surface area (Å²) in [6.07, 6.45) is 1.79. The predicted molar refractivity (Wildman–Crippen MR) is 157 cm³/mol. The molecule has 0 fully saturated rings. The summed E-state index contributed by atoms with van der Waals surface area (Å²) in [4.78, 5) is 37.4. The molecule has 0 radical (unpaired) electrons. The Bertz CT molecular complexity index is 1490. The maximum absolute atomic E-state index is 13.4. The van der Waals surface area contributed by atoms with Crippen LogP contribution in [0.4, 0.5) is 0 Å². The Hall–Kier alpha value is -4.41. The van der Waals surface area contributed by atoms with E-state index in [4.69, 9.17) is 19.2 Å². The Morgan fingerprint density at radius 3 is 2.59 bits per heavy atom.